The third-order valence-electron chi connectivity index (χ3n) is 5.46. The van der Waals surface area contributed by atoms with Crippen molar-refractivity contribution in [3.8, 4) is 0 Å². The topological polar surface area (TPSA) is 37.3 Å². The Hall–Kier alpha value is -1.83. The van der Waals surface area contributed by atoms with Crippen LogP contribution in [0.25, 0.3) is 0 Å². The second-order valence-electron chi connectivity index (χ2n) is 9.20. The first-order valence-corrected chi connectivity index (χ1v) is 9.50. The number of allylic oxidation sites excluding steroid dienone is 9. The molecule has 0 saturated carbocycles. The van der Waals surface area contributed by atoms with Gasteiger partial charge in [0.25, 0.3) is 0 Å². The van der Waals surface area contributed by atoms with Crippen molar-refractivity contribution < 1.29 is 9.90 Å². The lowest BCUT2D eigenvalue weighted by molar-refractivity contribution is -0.131. The van der Waals surface area contributed by atoms with Gasteiger partial charge in [-0.3, -0.25) is 0 Å². The van der Waals surface area contributed by atoms with Gasteiger partial charge in [-0.2, -0.15) is 0 Å². The summed E-state index contributed by atoms with van der Waals surface area (Å²) in [6, 6.07) is 0. The van der Waals surface area contributed by atoms with Crippen LogP contribution in [-0.4, -0.2) is 11.1 Å². The van der Waals surface area contributed by atoms with Crippen molar-refractivity contribution in [3.63, 3.8) is 0 Å². The van der Waals surface area contributed by atoms with Crippen LogP contribution in [0.4, 0.5) is 0 Å². The first kappa shape index (κ1) is 22.2. The molecule has 1 aliphatic carbocycles. The number of hydrogen-bond acceptors (Lipinski definition) is 1. The van der Waals surface area contributed by atoms with Crippen LogP contribution < -0.4 is 0 Å². The standard InChI is InChI=1S/C24H36O2/c1-17(10-9-11-18(2)16-22(25)26)12-14-20-19(3)13-15-21(23(4,5)6)24(20,7)8/h9-12,14,16,21H,13,15H2,1-8H3,(H,25,26). The van der Waals surface area contributed by atoms with E-state index in [9.17, 15) is 4.79 Å². The molecule has 144 valence electrons. The lowest BCUT2D eigenvalue weighted by atomic mass is 9.57. The van der Waals surface area contributed by atoms with Crippen LogP contribution in [0.2, 0.25) is 0 Å². The molecule has 0 spiro atoms. The summed E-state index contributed by atoms with van der Waals surface area (Å²) in [7, 11) is 0. The Morgan fingerprint density at radius 1 is 1.15 bits per heavy atom. The van der Waals surface area contributed by atoms with Gasteiger partial charge in [0.1, 0.15) is 0 Å². The highest BCUT2D eigenvalue weighted by atomic mass is 16.4. The SMILES string of the molecule is CC(C=CC1=C(C)CCC(C(C)(C)C)C1(C)C)=CC=CC(C)=CC(=O)O. The molecule has 0 aliphatic heterocycles. The van der Waals surface area contributed by atoms with Crippen LogP contribution in [0.1, 0.15) is 68.2 Å². The summed E-state index contributed by atoms with van der Waals surface area (Å²) in [4.78, 5) is 10.6. The highest BCUT2D eigenvalue weighted by Crippen LogP contribution is 2.52. The molecule has 26 heavy (non-hydrogen) atoms. The monoisotopic (exact) mass is 356 g/mol. The van der Waals surface area contributed by atoms with Crippen LogP contribution in [0.15, 0.2) is 58.7 Å². The van der Waals surface area contributed by atoms with Crippen molar-refractivity contribution >= 4 is 5.97 Å². The molecular formula is C24H36O2. The molecule has 0 radical (unpaired) electrons. The predicted molar refractivity (Wildman–Crippen MR) is 112 cm³/mol. The van der Waals surface area contributed by atoms with Gasteiger partial charge < -0.3 is 5.11 Å². The third-order valence-corrected chi connectivity index (χ3v) is 5.46. The van der Waals surface area contributed by atoms with Gasteiger partial charge in [-0.1, -0.05) is 76.1 Å². The Labute approximate surface area is 160 Å². The minimum Gasteiger partial charge on any atom is -0.478 e. The number of carbonyl (C=O) groups is 1. The molecular weight excluding hydrogens is 320 g/mol. The van der Waals surface area contributed by atoms with Crippen molar-refractivity contribution in [2.24, 2.45) is 16.7 Å². The molecule has 0 bridgehead atoms. The lowest BCUT2D eigenvalue weighted by Gasteiger charge is -2.47. The molecule has 2 heteroatoms. The number of carboxylic acid groups (broad SMARTS) is 1. The minimum absolute atomic E-state index is 0.161. The molecule has 1 aliphatic rings. The maximum atomic E-state index is 10.6. The first-order chi connectivity index (χ1) is 11.9. The van der Waals surface area contributed by atoms with Crippen LogP contribution in [0.3, 0.4) is 0 Å². The minimum atomic E-state index is -0.914. The largest absolute Gasteiger partial charge is 0.478 e. The van der Waals surface area contributed by atoms with E-state index in [-0.39, 0.29) is 5.41 Å². The van der Waals surface area contributed by atoms with Crippen LogP contribution >= 0.6 is 0 Å². The average molecular weight is 357 g/mol. The molecule has 0 fully saturated rings. The van der Waals surface area contributed by atoms with E-state index in [4.69, 9.17) is 5.11 Å². The molecule has 0 aromatic carbocycles. The van der Waals surface area contributed by atoms with Crippen molar-refractivity contribution in [2.45, 2.75) is 68.2 Å². The summed E-state index contributed by atoms with van der Waals surface area (Å²) in [5.74, 6) is -0.255. The van der Waals surface area contributed by atoms with E-state index in [1.165, 1.54) is 30.1 Å². The summed E-state index contributed by atoms with van der Waals surface area (Å²) >= 11 is 0. The van der Waals surface area contributed by atoms with Gasteiger partial charge in [0.15, 0.2) is 0 Å². The second kappa shape index (κ2) is 8.70. The van der Waals surface area contributed by atoms with E-state index in [2.05, 4.69) is 60.6 Å². The van der Waals surface area contributed by atoms with E-state index < -0.39 is 5.97 Å². The average Bonchev–Trinajstić information content (AvgIpc) is 2.43. The van der Waals surface area contributed by atoms with E-state index in [0.717, 1.165) is 11.1 Å². The first-order valence-electron chi connectivity index (χ1n) is 9.50. The van der Waals surface area contributed by atoms with E-state index >= 15 is 0 Å². The molecule has 1 N–H and O–H groups in total. The van der Waals surface area contributed by atoms with Crippen molar-refractivity contribution in [1.82, 2.24) is 0 Å². The third kappa shape index (κ3) is 6.16. The summed E-state index contributed by atoms with van der Waals surface area (Å²) in [6.07, 6.45) is 13.8. The summed E-state index contributed by atoms with van der Waals surface area (Å²) in [5, 5.41) is 8.73. The van der Waals surface area contributed by atoms with Gasteiger partial charge >= 0.3 is 5.97 Å². The van der Waals surface area contributed by atoms with E-state index in [1.807, 2.05) is 18.2 Å². The molecule has 2 nitrogen and oxygen atoms in total. The molecule has 0 aromatic rings. The summed E-state index contributed by atoms with van der Waals surface area (Å²) in [6.45, 7) is 17.9. The maximum Gasteiger partial charge on any atom is 0.328 e. The van der Waals surface area contributed by atoms with Crippen molar-refractivity contribution in [1.29, 1.82) is 0 Å². The Balaban J connectivity index is 2.99. The number of aliphatic carboxylic acids is 1. The highest BCUT2D eigenvalue weighted by molar-refractivity contribution is 5.81. The van der Waals surface area contributed by atoms with Gasteiger partial charge in [0, 0.05) is 6.08 Å². The fourth-order valence-corrected chi connectivity index (χ4v) is 4.33. The summed E-state index contributed by atoms with van der Waals surface area (Å²) < 4.78 is 0. The van der Waals surface area contributed by atoms with E-state index in [1.54, 1.807) is 6.92 Å². The fourth-order valence-electron chi connectivity index (χ4n) is 4.33. The zero-order valence-corrected chi connectivity index (χ0v) is 17.8. The number of hydrogen-bond donors (Lipinski definition) is 1. The molecule has 0 heterocycles. The zero-order chi connectivity index (χ0) is 20.1. The Morgan fingerprint density at radius 3 is 2.31 bits per heavy atom. The number of carboxylic acids is 1. The molecule has 1 rings (SSSR count). The summed E-state index contributed by atoms with van der Waals surface area (Å²) in [5.41, 5.74) is 5.29. The Morgan fingerprint density at radius 2 is 1.77 bits per heavy atom. The second-order valence-corrected chi connectivity index (χ2v) is 9.20. The van der Waals surface area contributed by atoms with Gasteiger partial charge in [0.2, 0.25) is 0 Å². The predicted octanol–water partition coefficient (Wildman–Crippen LogP) is 6.87. The highest BCUT2D eigenvalue weighted by Gasteiger charge is 2.42. The molecule has 1 atom stereocenters. The quantitative estimate of drug-likeness (QED) is 0.431. The number of rotatable bonds is 5. The van der Waals surface area contributed by atoms with Crippen LogP contribution in [-0.2, 0) is 4.79 Å². The van der Waals surface area contributed by atoms with Crippen molar-refractivity contribution in [3.05, 3.63) is 58.7 Å². The smallest absolute Gasteiger partial charge is 0.328 e. The fraction of sp³-hybridized carbons (Fsp3) is 0.542. The molecule has 1 unspecified atom stereocenters. The van der Waals surface area contributed by atoms with Crippen molar-refractivity contribution in [2.75, 3.05) is 0 Å². The molecule has 0 aromatic heterocycles. The lowest BCUT2D eigenvalue weighted by Crippen LogP contribution is -2.38. The zero-order valence-electron chi connectivity index (χ0n) is 17.8. The van der Waals surface area contributed by atoms with Gasteiger partial charge in [0.05, 0.1) is 0 Å². The van der Waals surface area contributed by atoms with Gasteiger partial charge in [-0.05, 0) is 61.5 Å². The Bertz CT molecular complexity index is 673. The Kier molecular flexibility index (Phi) is 7.44. The molecule has 0 saturated heterocycles. The van der Waals surface area contributed by atoms with Gasteiger partial charge in [-0.25, -0.2) is 4.79 Å². The molecule has 0 amide bonds. The van der Waals surface area contributed by atoms with Crippen LogP contribution in [0.5, 0.6) is 0 Å². The van der Waals surface area contributed by atoms with E-state index in [0.29, 0.717) is 11.3 Å². The maximum absolute atomic E-state index is 10.6. The van der Waals surface area contributed by atoms with Crippen LogP contribution in [0, 0.1) is 16.7 Å². The van der Waals surface area contributed by atoms with Gasteiger partial charge in [-0.15, -0.1) is 0 Å². The normalized spacial score (nSPS) is 22.5.